The molecule has 0 aromatic heterocycles. The third kappa shape index (κ3) is 5.40. The molecule has 1 amide bonds. The fourth-order valence-electron chi connectivity index (χ4n) is 8.33. The number of nitrogens with one attached hydrogen (secondary N) is 1. The fourth-order valence-corrected chi connectivity index (χ4v) is 8.33. The Morgan fingerprint density at radius 2 is 1.80 bits per heavy atom. The Morgan fingerprint density at radius 1 is 1.10 bits per heavy atom. The number of aliphatic carboxylic acids is 1. The second kappa shape index (κ2) is 11.4. The summed E-state index contributed by atoms with van der Waals surface area (Å²) in [6.07, 6.45) is 4.96. The molecule has 0 heterocycles. The van der Waals surface area contributed by atoms with Gasteiger partial charge in [0, 0.05) is 30.6 Å². The van der Waals surface area contributed by atoms with Gasteiger partial charge in [0.05, 0.1) is 6.42 Å². The van der Waals surface area contributed by atoms with Gasteiger partial charge in [0.25, 0.3) is 0 Å². The van der Waals surface area contributed by atoms with Crippen molar-refractivity contribution >= 4 is 35.2 Å². The van der Waals surface area contributed by atoms with E-state index in [1.807, 2.05) is 6.92 Å². The highest BCUT2D eigenvalue weighted by atomic mass is 16.5. The Balaban J connectivity index is 1.37. The maximum atomic E-state index is 13.7. The van der Waals surface area contributed by atoms with Crippen molar-refractivity contribution in [2.75, 3.05) is 6.61 Å². The normalized spacial score (nSPS) is 35.7. The Morgan fingerprint density at radius 3 is 2.46 bits per heavy atom. The number of esters is 1. The maximum absolute atomic E-state index is 13.7. The van der Waals surface area contributed by atoms with Gasteiger partial charge in [0.1, 0.15) is 17.4 Å². The van der Waals surface area contributed by atoms with Crippen molar-refractivity contribution in [1.82, 2.24) is 5.32 Å². The first-order valence-corrected chi connectivity index (χ1v) is 14.9. The highest BCUT2D eigenvalue weighted by Gasteiger charge is 2.68. The Bertz CT molecular complexity index is 1180. The van der Waals surface area contributed by atoms with E-state index >= 15 is 0 Å². The number of hydrogen-bond acceptors (Lipinski definition) is 8. The molecule has 0 spiro atoms. The van der Waals surface area contributed by atoms with Crippen molar-refractivity contribution in [2.45, 2.75) is 104 Å². The average molecular weight is 574 g/mol. The lowest BCUT2D eigenvalue weighted by Crippen LogP contribution is -2.61. The summed E-state index contributed by atoms with van der Waals surface area (Å²) in [7, 11) is 0. The molecule has 0 bridgehead atoms. The molecule has 4 aliphatic carbocycles. The summed E-state index contributed by atoms with van der Waals surface area (Å²) in [5.74, 6) is -3.68. The second-order valence-electron chi connectivity index (χ2n) is 13.2. The zero-order chi connectivity index (χ0) is 30.3. The van der Waals surface area contributed by atoms with Crippen molar-refractivity contribution < 1.29 is 43.7 Å². The minimum atomic E-state index is -1.82. The standard InChI is InChI=1S/C31H43NO9/c1-5-17(2)27(28(38)39)32-24(36)8-9-25(37)41-16-23(35)31(40)13-11-21-20-7-6-18-14-19(33)10-12-29(18,3)26(20)22(34)15-30(21,31)4/h14,17,20-21,26-27,40H,5-13,15-16H2,1-4H3,(H,32,36)(H,38,39)/t17-,20+,21+,26-,27-,29+,30+,31+/m1/s1. The van der Waals surface area contributed by atoms with E-state index in [0.29, 0.717) is 25.7 Å². The van der Waals surface area contributed by atoms with Crippen LogP contribution in [-0.2, 0) is 33.5 Å². The van der Waals surface area contributed by atoms with Gasteiger partial charge in [-0.25, -0.2) is 4.79 Å². The molecular formula is C31H43NO9. The van der Waals surface area contributed by atoms with Crippen LogP contribution in [0.1, 0.15) is 91.9 Å². The van der Waals surface area contributed by atoms with Crippen molar-refractivity contribution in [3.05, 3.63) is 11.6 Å². The van der Waals surface area contributed by atoms with Crippen molar-refractivity contribution in [1.29, 1.82) is 0 Å². The number of carbonyl (C=O) groups is 6. The first-order chi connectivity index (χ1) is 19.2. The lowest BCUT2D eigenvalue weighted by Gasteiger charge is -2.57. The van der Waals surface area contributed by atoms with Crippen molar-refractivity contribution in [3.63, 3.8) is 0 Å². The number of allylic oxidation sites excluding steroid dienone is 1. The number of ketones is 3. The quantitative estimate of drug-likeness (QED) is 0.333. The third-order valence-corrected chi connectivity index (χ3v) is 11.0. The van der Waals surface area contributed by atoms with Crippen LogP contribution in [0.2, 0.25) is 0 Å². The number of amides is 1. The predicted molar refractivity (Wildman–Crippen MR) is 146 cm³/mol. The fraction of sp³-hybridized carbons (Fsp3) is 0.742. The number of Topliss-reactive ketones (excluding diaryl/α,β-unsaturated/α-hetero) is 2. The molecule has 3 saturated carbocycles. The molecule has 3 N–H and O–H groups in total. The van der Waals surface area contributed by atoms with Crippen LogP contribution in [0.15, 0.2) is 11.6 Å². The third-order valence-electron chi connectivity index (χ3n) is 11.0. The van der Waals surface area contributed by atoms with Gasteiger partial charge < -0.3 is 20.3 Å². The minimum absolute atomic E-state index is 0.00421. The molecule has 10 nitrogen and oxygen atoms in total. The lowest BCUT2D eigenvalue weighted by atomic mass is 9.46. The van der Waals surface area contributed by atoms with Crippen LogP contribution in [0.5, 0.6) is 0 Å². The maximum Gasteiger partial charge on any atom is 0.326 e. The molecule has 0 aliphatic heterocycles. The van der Waals surface area contributed by atoms with Gasteiger partial charge in [-0.3, -0.25) is 24.0 Å². The molecular weight excluding hydrogens is 530 g/mol. The number of hydrogen-bond donors (Lipinski definition) is 3. The first-order valence-electron chi connectivity index (χ1n) is 14.9. The minimum Gasteiger partial charge on any atom is -0.480 e. The van der Waals surface area contributed by atoms with Crippen molar-refractivity contribution in [2.24, 2.45) is 34.5 Å². The number of ether oxygens (including phenoxy) is 1. The summed E-state index contributed by atoms with van der Waals surface area (Å²) in [6.45, 7) is 6.74. The topological polar surface area (TPSA) is 164 Å². The van der Waals surface area contributed by atoms with Crippen LogP contribution in [-0.4, -0.2) is 63.7 Å². The van der Waals surface area contributed by atoms with E-state index in [-0.39, 0.29) is 66.3 Å². The van der Waals surface area contributed by atoms with E-state index in [1.165, 1.54) is 0 Å². The highest BCUT2D eigenvalue weighted by Crippen LogP contribution is 2.66. The van der Waals surface area contributed by atoms with Gasteiger partial charge in [-0.05, 0) is 61.3 Å². The number of aliphatic hydroxyl groups is 1. The zero-order valence-electron chi connectivity index (χ0n) is 24.5. The Kier molecular flexibility index (Phi) is 8.65. The van der Waals surface area contributed by atoms with Crippen molar-refractivity contribution in [3.8, 4) is 0 Å². The molecule has 0 aromatic rings. The molecule has 226 valence electrons. The zero-order valence-corrected chi connectivity index (χ0v) is 24.5. The molecule has 0 unspecified atom stereocenters. The molecule has 0 aromatic carbocycles. The van der Waals surface area contributed by atoms with Crippen LogP contribution in [0, 0.1) is 34.5 Å². The van der Waals surface area contributed by atoms with Crippen LogP contribution in [0.3, 0.4) is 0 Å². The van der Waals surface area contributed by atoms with E-state index in [1.54, 1.807) is 19.9 Å². The molecule has 41 heavy (non-hydrogen) atoms. The van der Waals surface area contributed by atoms with Gasteiger partial charge in [0.15, 0.2) is 12.4 Å². The summed E-state index contributed by atoms with van der Waals surface area (Å²) >= 11 is 0. The van der Waals surface area contributed by atoms with Crippen LogP contribution >= 0.6 is 0 Å². The first kappa shape index (κ1) is 31.1. The number of carboxylic acids is 1. The summed E-state index contributed by atoms with van der Waals surface area (Å²) < 4.78 is 5.14. The van der Waals surface area contributed by atoms with E-state index in [2.05, 4.69) is 12.2 Å². The van der Waals surface area contributed by atoms with Gasteiger partial charge >= 0.3 is 11.9 Å². The lowest BCUT2D eigenvalue weighted by molar-refractivity contribution is -0.173. The summed E-state index contributed by atoms with van der Waals surface area (Å²) in [4.78, 5) is 75.1. The number of fused-ring (bicyclic) bond motifs is 5. The molecule has 3 fully saturated rings. The Hall–Kier alpha value is -2.88. The summed E-state index contributed by atoms with van der Waals surface area (Å²) in [6, 6.07) is -1.07. The second-order valence-corrected chi connectivity index (χ2v) is 13.2. The Labute approximate surface area is 240 Å². The summed E-state index contributed by atoms with van der Waals surface area (Å²) in [5, 5.41) is 23.5. The van der Waals surface area contributed by atoms with Gasteiger partial charge in [-0.15, -0.1) is 0 Å². The molecule has 4 rings (SSSR count). The van der Waals surface area contributed by atoms with Gasteiger partial charge in [-0.2, -0.15) is 0 Å². The van der Waals surface area contributed by atoms with E-state index < -0.39 is 47.3 Å². The number of rotatable bonds is 10. The monoisotopic (exact) mass is 573 g/mol. The molecule has 4 aliphatic rings. The smallest absolute Gasteiger partial charge is 0.326 e. The van der Waals surface area contributed by atoms with E-state index in [9.17, 15) is 39.0 Å². The van der Waals surface area contributed by atoms with Gasteiger partial charge in [0.2, 0.25) is 11.7 Å². The molecule has 0 saturated heterocycles. The van der Waals surface area contributed by atoms with E-state index in [4.69, 9.17) is 4.74 Å². The largest absolute Gasteiger partial charge is 0.480 e. The average Bonchev–Trinajstić information content (AvgIpc) is 3.19. The molecule has 10 heteroatoms. The number of carbonyl (C=O) groups excluding carboxylic acids is 5. The molecule has 8 atom stereocenters. The van der Waals surface area contributed by atoms with Crippen LogP contribution in [0.4, 0.5) is 0 Å². The summed E-state index contributed by atoms with van der Waals surface area (Å²) in [5.41, 5.74) is -2.13. The van der Waals surface area contributed by atoms with Gasteiger partial charge in [-0.1, -0.05) is 39.7 Å². The predicted octanol–water partition coefficient (Wildman–Crippen LogP) is 2.94. The van der Waals surface area contributed by atoms with Crippen LogP contribution in [0.25, 0.3) is 0 Å². The van der Waals surface area contributed by atoms with Crippen LogP contribution < -0.4 is 5.32 Å². The van der Waals surface area contributed by atoms with E-state index in [0.717, 1.165) is 18.4 Å². The number of carboxylic acid groups (broad SMARTS) is 1. The molecule has 0 radical (unpaired) electrons. The highest BCUT2D eigenvalue weighted by molar-refractivity contribution is 5.95. The SMILES string of the molecule is CC[C@@H](C)[C@@H](NC(=O)CCC(=O)OCC(=O)[C@@]1(O)CC[C@H]2[C@@H]3CCC4=CC(=O)CC[C@]4(C)[C@H]3C(=O)C[C@@]21C)C(=O)O.